The number of amides is 2. The second kappa shape index (κ2) is 9.86. The van der Waals surface area contributed by atoms with Crippen LogP contribution in [0.15, 0.2) is 53.4 Å². The fourth-order valence-electron chi connectivity index (χ4n) is 2.95. The van der Waals surface area contributed by atoms with Gasteiger partial charge in [-0.3, -0.25) is 9.59 Å². The number of hydrogen-bond acceptors (Lipinski definition) is 6. The van der Waals surface area contributed by atoms with Crippen molar-refractivity contribution in [3.8, 4) is 5.75 Å². The molecule has 166 valence electrons. The first-order valence-corrected chi connectivity index (χ1v) is 10.8. The van der Waals surface area contributed by atoms with E-state index in [9.17, 15) is 22.4 Å². The van der Waals surface area contributed by atoms with Crippen molar-refractivity contribution in [1.82, 2.24) is 14.9 Å². The van der Waals surface area contributed by atoms with Gasteiger partial charge in [-0.25, -0.2) is 12.8 Å². The molecule has 31 heavy (non-hydrogen) atoms. The number of methoxy groups -OCH3 is 1. The standard InChI is InChI=1S/C20H22FN3O6S/c1-29-16-6-2-14(3-7-16)12-22-19(25)20(26)23-13-18-24(10-11-30-18)31(27,28)17-8-4-15(21)5-9-17/h2-9,18H,10-13H2,1H3,(H,22,25)(H,23,26)/t18-/m0/s1. The van der Waals surface area contributed by atoms with Crippen LogP contribution in [-0.4, -0.2) is 57.6 Å². The fourth-order valence-corrected chi connectivity index (χ4v) is 4.46. The van der Waals surface area contributed by atoms with Crippen molar-refractivity contribution in [1.29, 1.82) is 0 Å². The summed E-state index contributed by atoms with van der Waals surface area (Å²) in [5.41, 5.74) is 0.776. The van der Waals surface area contributed by atoms with Crippen molar-refractivity contribution < 1.29 is 31.9 Å². The Morgan fingerprint density at radius 1 is 1.10 bits per heavy atom. The average molecular weight is 451 g/mol. The van der Waals surface area contributed by atoms with Gasteiger partial charge in [0, 0.05) is 13.1 Å². The number of rotatable bonds is 7. The molecule has 0 aromatic heterocycles. The number of halogens is 1. The topological polar surface area (TPSA) is 114 Å². The van der Waals surface area contributed by atoms with Crippen LogP contribution >= 0.6 is 0 Å². The van der Waals surface area contributed by atoms with Crippen LogP contribution in [0.1, 0.15) is 5.56 Å². The third-order valence-corrected chi connectivity index (χ3v) is 6.52. The van der Waals surface area contributed by atoms with Gasteiger partial charge in [-0.05, 0) is 42.0 Å². The molecule has 0 radical (unpaired) electrons. The first-order valence-electron chi connectivity index (χ1n) is 9.39. The summed E-state index contributed by atoms with van der Waals surface area (Å²) in [6.07, 6.45) is -0.978. The molecule has 0 spiro atoms. The summed E-state index contributed by atoms with van der Waals surface area (Å²) >= 11 is 0. The highest BCUT2D eigenvalue weighted by Crippen LogP contribution is 2.22. The maximum absolute atomic E-state index is 13.1. The second-order valence-corrected chi connectivity index (χ2v) is 8.53. The van der Waals surface area contributed by atoms with Crippen molar-refractivity contribution in [2.45, 2.75) is 17.7 Å². The highest BCUT2D eigenvalue weighted by molar-refractivity contribution is 7.89. The molecule has 2 amide bonds. The molecule has 1 aliphatic rings. The predicted molar refractivity (Wildman–Crippen MR) is 108 cm³/mol. The Morgan fingerprint density at radius 3 is 2.39 bits per heavy atom. The van der Waals surface area contributed by atoms with Crippen LogP contribution in [0.4, 0.5) is 4.39 Å². The number of benzene rings is 2. The van der Waals surface area contributed by atoms with E-state index in [-0.39, 0.29) is 31.1 Å². The highest BCUT2D eigenvalue weighted by Gasteiger charge is 2.36. The van der Waals surface area contributed by atoms with E-state index in [0.29, 0.717) is 5.75 Å². The molecule has 0 aliphatic carbocycles. The van der Waals surface area contributed by atoms with Crippen LogP contribution in [0.5, 0.6) is 5.75 Å². The zero-order chi connectivity index (χ0) is 22.4. The van der Waals surface area contributed by atoms with Crippen LogP contribution in [0, 0.1) is 5.82 Å². The van der Waals surface area contributed by atoms with Gasteiger partial charge in [0.25, 0.3) is 0 Å². The van der Waals surface area contributed by atoms with Gasteiger partial charge in [-0.1, -0.05) is 12.1 Å². The highest BCUT2D eigenvalue weighted by atomic mass is 32.2. The Kier molecular flexibility index (Phi) is 7.21. The van der Waals surface area contributed by atoms with Gasteiger partial charge in [-0.15, -0.1) is 0 Å². The molecule has 3 rings (SSSR count). The molecule has 9 nitrogen and oxygen atoms in total. The summed E-state index contributed by atoms with van der Waals surface area (Å²) in [6.45, 7) is 0.130. The van der Waals surface area contributed by atoms with Crippen LogP contribution in [0.3, 0.4) is 0 Å². The Hall–Kier alpha value is -3.02. The molecule has 1 heterocycles. The lowest BCUT2D eigenvalue weighted by Gasteiger charge is -2.22. The van der Waals surface area contributed by atoms with Gasteiger partial charge >= 0.3 is 11.8 Å². The normalized spacial score (nSPS) is 16.6. The van der Waals surface area contributed by atoms with Crippen molar-refractivity contribution >= 4 is 21.8 Å². The van der Waals surface area contributed by atoms with Gasteiger partial charge in [0.1, 0.15) is 17.8 Å². The molecule has 2 aromatic rings. The molecular formula is C20H22FN3O6S. The Bertz CT molecular complexity index is 1030. The summed E-state index contributed by atoms with van der Waals surface area (Å²) in [5.74, 6) is -1.66. The van der Waals surface area contributed by atoms with E-state index < -0.39 is 33.9 Å². The van der Waals surface area contributed by atoms with Gasteiger partial charge in [0.15, 0.2) is 0 Å². The van der Waals surface area contributed by atoms with Crippen molar-refractivity contribution in [2.24, 2.45) is 0 Å². The predicted octanol–water partition coefficient (Wildman–Crippen LogP) is 0.614. The minimum Gasteiger partial charge on any atom is -0.497 e. The third-order valence-electron chi connectivity index (χ3n) is 4.62. The Labute approximate surface area is 179 Å². The zero-order valence-corrected chi connectivity index (χ0v) is 17.5. The van der Waals surface area contributed by atoms with Gasteiger partial charge < -0.3 is 20.1 Å². The van der Waals surface area contributed by atoms with Gasteiger partial charge in [0.05, 0.1) is 25.2 Å². The molecule has 1 saturated heterocycles. The van der Waals surface area contributed by atoms with Crippen molar-refractivity contribution in [3.05, 3.63) is 59.9 Å². The molecule has 1 aliphatic heterocycles. The molecule has 11 heteroatoms. The average Bonchev–Trinajstić information content (AvgIpc) is 3.26. The van der Waals surface area contributed by atoms with Crippen LogP contribution in [0.25, 0.3) is 0 Å². The van der Waals surface area contributed by atoms with E-state index in [1.54, 1.807) is 31.4 Å². The monoisotopic (exact) mass is 451 g/mol. The molecule has 0 bridgehead atoms. The van der Waals surface area contributed by atoms with E-state index in [2.05, 4.69) is 10.6 Å². The first-order chi connectivity index (χ1) is 14.8. The van der Waals surface area contributed by atoms with Crippen LogP contribution in [0.2, 0.25) is 0 Å². The second-order valence-electron chi connectivity index (χ2n) is 6.64. The number of ether oxygens (including phenoxy) is 2. The van der Waals surface area contributed by atoms with E-state index >= 15 is 0 Å². The van der Waals surface area contributed by atoms with E-state index in [1.165, 1.54) is 0 Å². The number of sulfonamides is 1. The number of nitrogens with zero attached hydrogens (tertiary/aromatic N) is 1. The van der Waals surface area contributed by atoms with Crippen LogP contribution < -0.4 is 15.4 Å². The van der Waals surface area contributed by atoms with E-state index in [0.717, 1.165) is 34.1 Å². The summed E-state index contributed by atoms with van der Waals surface area (Å²) in [5, 5.41) is 4.86. The van der Waals surface area contributed by atoms with Crippen molar-refractivity contribution in [2.75, 3.05) is 26.8 Å². The SMILES string of the molecule is COc1ccc(CNC(=O)C(=O)NC[C@@H]2OCCN2S(=O)(=O)c2ccc(F)cc2)cc1. The molecule has 0 saturated carbocycles. The zero-order valence-electron chi connectivity index (χ0n) is 16.7. The number of carbonyl (C=O) groups excluding carboxylic acids is 2. The van der Waals surface area contributed by atoms with E-state index in [4.69, 9.17) is 9.47 Å². The minimum atomic E-state index is -3.95. The van der Waals surface area contributed by atoms with Gasteiger partial charge in [0.2, 0.25) is 10.0 Å². The minimum absolute atomic E-state index is 0.0733. The smallest absolute Gasteiger partial charge is 0.309 e. The van der Waals surface area contributed by atoms with Crippen molar-refractivity contribution in [3.63, 3.8) is 0 Å². The molecule has 2 aromatic carbocycles. The Morgan fingerprint density at radius 2 is 1.74 bits per heavy atom. The molecule has 2 N–H and O–H groups in total. The summed E-state index contributed by atoms with van der Waals surface area (Å²) in [4.78, 5) is 24.0. The summed E-state index contributed by atoms with van der Waals surface area (Å²) < 4.78 is 50.1. The third kappa shape index (κ3) is 5.57. The maximum Gasteiger partial charge on any atom is 0.309 e. The molecule has 0 unspecified atom stereocenters. The fraction of sp³-hybridized carbons (Fsp3) is 0.300. The lowest BCUT2D eigenvalue weighted by Crippen LogP contribution is -2.47. The molecular weight excluding hydrogens is 429 g/mol. The largest absolute Gasteiger partial charge is 0.497 e. The number of carbonyl (C=O) groups is 2. The molecule has 1 fully saturated rings. The lowest BCUT2D eigenvalue weighted by atomic mass is 10.2. The number of nitrogens with one attached hydrogen (secondary N) is 2. The van der Waals surface area contributed by atoms with E-state index in [1.807, 2.05) is 0 Å². The first kappa shape index (κ1) is 22.7. The Balaban J connectivity index is 1.53. The maximum atomic E-state index is 13.1. The molecule has 1 atom stereocenters. The summed E-state index contributed by atoms with van der Waals surface area (Å²) in [6, 6.07) is 11.4. The number of hydrogen-bond donors (Lipinski definition) is 2. The van der Waals surface area contributed by atoms with Crippen LogP contribution in [-0.2, 0) is 30.9 Å². The van der Waals surface area contributed by atoms with Gasteiger partial charge in [-0.2, -0.15) is 4.31 Å². The summed E-state index contributed by atoms with van der Waals surface area (Å²) in [7, 11) is -2.40. The lowest BCUT2D eigenvalue weighted by molar-refractivity contribution is -0.139. The quantitative estimate of drug-likeness (QED) is 0.597.